The highest BCUT2D eigenvalue weighted by atomic mass is 32.2. The molecule has 1 aromatic rings. The summed E-state index contributed by atoms with van der Waals surface area (Å²) in [6, 6.07) is 4.44. The van der Waals surface area contributed by atoms with Gasteiger partial charge >= 0.3 is 12.0 Å². The molecule has 0 aliphatic carbocycles. The molecule has 0 aliphatic rings. The summed E-state index contributed by atoms with van der Waals surface area (Å²) in [5, 5.41) is 13.7. The van der Waals surface area contributed by atoms with E-state index in [-0.39, 0.29) is 18.7 Å². The highest BCUT2D eigenvalue weighted by molar-refractivity contribution is 7.92. The third-order valence-corrected chi connectivity index (χ3v) is 4.65. The molecule has 0 bridgehead atoms. The van der Waals surface area contributed by atoms with Crippen LogP contribution in [0.2, 0.25) is 0 Å². The molecule has 0 aliphatic heterocycles. The van der Waals surface area contributed by atoms with Gasteiger partial charge in [0, 0.05) is 18.7 Å². The van der Waals surface area contributed by atoms with E-state index in [1.165, 1.54) is 0 Å². The van der Waals surface area contributed by atoms with Crippen LogP contribution in [0.1, 0.15) is 31.7 Å². The number of sulfonamides is 1. The smallest absolute Gasteiger partial charge is 0.319 e. The number of hydrogen-bond acceptors (Lipinski definition) is 4. The molecule has 0 heterocycles. The van der Waals surface area contributed by atoms with Crippen LogP contribution in [0, 0.1) is 6.92 Å². The van der Waals surface area contributed by atoms with Gasteiger partial charge in [0.15, 0.2) is 0 Å². The van der Waals surface area contributed by atoms with E-state index >= 15 is 0 Å². The number of carboxylic acid groups (broad SMARTS) is 1. The Morgan fingerprint density at radius 2 is 1.88 bits per heavy atom. The van der Waals surface area contributed by atoms with E-state index in [1.54, 1.807) is 32.0 Å². The topological polar surface area (TPSA) is 125 Å². The Kier molecular flexibility index (Phi) is 7.50. The van der Waals surface area contributed by atoms with Crippen molar-refractivity contribution in [3.63, 3.8) is 0 Å². The largest absolute Gasteiger partial charge is 0.481 e. The van der Waals surface area contributed by atoms with Crippen LogP contribution < -0.4 is 15.4 Å². The van der Waals surface area contributed by atoms with Gasteiger partial charge in [-0.25, -0.2) is 13.2 Å². The first-order chi connectivity index (χ1) is 11.2. The molecular weight excluding hydrogens is 334 g/mol. The van der Waals surface area contributed by atoms with Crippen molar-refractivity contribution in [2.45, 2.75) is 33.1 Å². The van der Waals surface area contributed by atoms with E-state index in [0.29, 0.717) is 29.8 Å². The molecule has 0 aromatic heterocycles. The third kappa shape index (κ3) is 6.86. The van der Waals surface area contributed by atoms with Crippen molar-refractivity contribution in [2.24, 2.45) is 0 Å². The summed E-state index contributed by atoms with van der Waals surface area (Å²) in [7, 11) is -3.41. The quantitative estimate of drug-likeness (QED) is 0.504. The Labute approximate surface area is 141 Å². The average Bonchev–Trinajstić information content (AvgIpc) is 2.47. The molecular formula is C15H23N3O5S. The lowest BCUT2D eigenvalue weighted by atomic mass is 10.1. The number of carboxylic acids is 1. The van der Waals surface area contributed by atoms with Crippen molar-refractivity contribution in [1.29, 1.82) is 0 Å². The van der Waals surface area contributed by atoms with Crippen molar-refractivity contribution in [2.75, 3.05) is 22.3 Å². The lowest BCUT2D eigenvalue weighted by molar-refractivity contribution is -0.137. The zero-order valence-corrected chi connectivity index (χ0v) is 14.6. The minimum Gasteiger partial charge on any atom is -0.481 e. The second-order valence-electron chi connectivity index (χ2n) is 5.28. The number of nitrogens with one attached hydrogen (secondary N) is 3. The maximum Gasteiger partial charge on any atom is 0.319 e. The second kappa shape index (κ2) is 9.11. The fraction of sp³-hybridized carbons (Fsp3) is 0.467. The summed E-state index contributed by atoms with van der Waals surface area (Å²) >= 11 is 0. The molecule has 1 rings (SSSR count). The second-order valence-corrected chi connectivity index (χ2v) is 7.12. The molecule has 0 fully saturated rings. The number of hydrogen-bond donors (Lipinski definition) is 4. The van der Waals surface area contributed by atoms with Crippen molar-refractivity contribution in [3.05, 3.63) is 23.8 Å². The zero-order valence-electron chi connectivity index (χ0n) is 13.8. The first-order valence-corrected chi connectivity index (χ1v) is 9.27. The summed E-state index contributed by atoms with van der Waals surface area (Å²) in [5.41, 5.74) is 1.48. The summed E-state index contributed by atoms with van der Waals surface area (Å²) in [6.45, 7) is 3.71. The predicted molar refractivity (Wildman–Crippen MR) is 92.8 cm³/mol. The van der Waals surface area contributed by atoms with Crippen molar-refractivity contribution in [1.82, 2.24) is 5.32 Å². The first kappa shape index (κ1) is 19.8. The van der Waals surface area contributed by atoms with Gasteiger partial charge in [-0.1, -0.05) is 13.0 Å². The van der Waals surface area contributed by atoms with E-state index in [9.17, 15) is 18.0 Å². The van der Waals surface area contributed by atoms with Gasteiger partial charge in [0.05, 0.1) is 11.4 Å². The Bertz CT molecular complexity index is 688. The van der Waals surface area contributed by atoms with Gasteiger partial charge in [0.25, 0.3) is 0 Å². The fourth-order valence-corrected chi connectivity index (χ4v) is 3.17. The van der Waals surface area contributed by atoms with Gasteiger partial charge in [-0.05, 0) is 37.5 Å². The van der Waals surface area contributed by atoms with Gasteiger partial charge in [0.1, 0.15) is 0 Å². The SMILES string of the molecule is CCCS(=O)(=O)Nc1cccc(NC(=O)NCCCC(=O)O)c1C. The molecule has 24 heavy (non-hydrogen) atoms. The van der Waals surface area contributed by atoms with Crippen LogP contribution in [0.3, 0.4) is 0 Å². The predicted octanol–water partition coefficient (Wildman–Crippen LogP) is 2.13. The van der Waals surface area contributed by atoms with E-state index in [4.69, 9.17) is 5.11 Å². The molecule has 9 heteroatoms. The van der Waals surface area contributed by atoms with Crippen LogP contribution in [0.5, 0.6) is 0 Å². The van der Waals surface area contributed by atoms with Gasteiger partial charge < -0.3 is 15.7 Å². The average molecular weight is 357 g/mol. The number of anilines is 2. The van der Waals surface area contributed by atoms with E-state index in [1.807, 2.05) is 0 Å². The van der Waals surface area contributed by atoms with Crippen LogP contribution in [0.15, 0.2) is 18.2 Å². The van der Waals surface area contributed by atoms with Crippen LogP contribution in [-0.2, 0) is 14.8 Å². The monoisotopic (exact) mass is 357 g/mol. The van der Waals surface area contributed by atoms with Gasteiger partial charge in [-0.2, -0.15) is 0 Å². The molecule has 1 aromatic carbocycles. The van der Waals surface area contributed by atoms with Gasteiger partial charge in [0.2, 0.25) is 10.0 Å². The summed E-state index contributed by atoms with van der Waals surface area (Å²) < 4.78 is 26.2. The molecule has 134 valence electrons. The minimum absolute atomic E-state index is 0.0198. The molecule has 0 unspecified atom stereocenters. The molecule has 2 amide bonds. The van der Waals surface area contributed by atoms with Crippen molar-refractivity contribution >= 4 is 33.4 Å². The summed E-state index contributed by atoms with van der Waals surface area (Å²) in [4.78, 5) is 22.2. The molecule has 0 atom stereocenters. The van der Waals surface area contributed by atoms with Gasteiger partial charge in [-0.15, -0.1) is 0 Å². The number of carbonyl (C=O) groups is 2. The highest BCUT2D eigenvalue weighted by Gasteiger charge is 2.13. The maximum absolute atomic E-state index is 11.9. The van der Waals surface area contributed by atoms with E-state index in [2.05, 4.69) is 15.4 Å². The standard InChI is InChI=1S/C15H23N3O5S/c1-3-10-24(22,23)18-13-7-4-6-12(11(13)2)17-15(21)16-9-5-8-14(19)20/h4,6-7,18H,3,5,8-10H2,1-2H3,(H,19,20)(H2,16,17,21). The van der Waals surface area contributed by atoms with Crippen LogP contribution in [0.4, 0.5) is 16.2 Å². The molecule has 0 saturated carbocycles. The lowest BCUT2D eigenvalue weighted by Crippen LogP contribution is -2.30. The van der Waals surface area contributed by atoms with Gasteiger partial charge in [-0.3, -0.25) is 9.52 Å². The molecule has 0 radical (unpaired) electrons. The number of carbonyl (C=O) groups excluding carboxylic acids is 1. The number of aliphatic carboxylic acids is 1. The van der Waals surface area contributed by atoms with E-state index < -0.39 is 22.0 Å². The number of urea groups is 1. The lowest BCUT2D eigenvalue weighted by Gasteiger charge is -2.14. The summed E-state index contributed by atoms with van der Waals surface area (Å²) in [5.74, 6) is -0.895. The number of rotatable bonds is 9. The van der Waals surface area contributed by atoms with E-state index in [0.717, 1.165) is 0 Å². The summed E-state index contributed by atoms with van der Waals surface area (Å²) in [6.07, 6.45) is 0.817. The molecule has 0 spiro atoms. The van der Waals surface area contributed by atoms with Crippen molar-refractivity contribution in [3.8, 4) is 0 Å². The molecule has 4 N–H and O–H groups in total. The molecule has 0 saturated heterocycles. The Morgan fingerprint density at radius 1 is 1.21 bits per heavy atom. The fourth-order valence-electron chi connectivity index (χ4n) is 1.98. The number of benzene rings is 1. The maximum atomic E-state index is 11.9. The highest BCUT2D eigenvalue weighted by Crippen LogP contribution is 2.24. The Hall–Kier alpha value is -2.29. The zero-order chi connectivity index (χ0) is 18.2. The van der Waals surface area contributed by atoms with Crippen LogP contribution in [-0.4, -0.2) is 37.8 Å². The normalized spacial score (nSPS) is 10.9. The number of amides is 2. The minimum atomic E-state index is -3.41. The van der Waals surface area contributed by atoms with Crippen LogP contribution in [0.25, 0.3) is 0 Å². The van der Waals surface area contributed by atoms with Crippen molar-refractivity contribution < 1.29 is 23.1 Å². The Morgan fingerprint density at radius 3 is 2.50 bits per heavy atom. The van der Waals surface area contributed by atoms with Crippen LogP contribution >= 0.6 is 0 Å². The molecule has 8 nitrogen and oxygen atoms in total. The third-order valence-electron chi connectivity index (χ3n) is 3.17. The first-order valence-electron chi connectivity index (χ1n) is 7.62. The Balaban J connectivity index is 2.68.